The summed E-state index contributed by atoms with van der Waals surface area (Å²) in [6.07, 6.45) is 0. The number of nitrogens with zero attached hydrogens (tertiary/aromatic N) is 2. The number of oxime groups is 1. The Morgan fingerprint density at radius 2 is 2.36 bits per heavy atom. The Hall–Kier alpha value is -1.42. The molecule has 1 aromatic rings. The highest BCUT2D eigenvalue weighted by atomic mass is 35.5. The molecular formula is C9H12ClN3O. The fourth-order valence-electron chi connectivity index (χ4n) is 1.07. The maximum atomic E-state index is 8.43. The summed E-state index contributed by atoms with van der Waals surface area (Å²) in [5, 5.41) is 12.0. The van der Waals surface area contributed by atoms with E-state index in [9.17, 15) is 0 Å². The number of guanidine groups is 1. The first-order chi connectivity index (χ1) is 6.63. The molecule has 1 aromatic carbocycles. The minimum Gasteiger partial charge on any atom is -0.408 e. The van der Waals surface area contributed by atoms with Gasteiger partial charge in [-0.25, -0.2) is 0 Å². The topological polar surface area (TPSA) is 61.8 Å². The van der Waals surface area contributed by atoms with Gasteiger partial charge in [0.05, 0.1) is 0 Å². The molecule has 0 aliphatic heterocycles. The van der Waals surface area contributed by atoms with Crippen LogP contribution in [-0.4, -0.2) is 23.1 Å². The zero-order valence-electron chi connectivity index (χ0n) is 7.81. The van der Waals surface area contributed by atoms with Gasteiger partial charge in [0.15, 0.2) is 0 Å². The van der Waals surface area contributed by atoms with E-state index >= 15 is 0 Å². The summed E-state index contributed by atoms with van der Waals surface area (Å²) in [5.41, 5.74) is 6.40. The maximum absolute atomic E-state index is 8.43. The first-order valence-electron chi connectivity index (χ1n) is 4.06. The molecule has 0 radical (unpaired) electrons. The molecule has 0 fully saturated rings. The summed E-state index contributed by atoms with van der Waals surface area (Å²) >= 11 is 5.81. The van der Waals surface area contributed by atoms with E-state index in [0.717, 1.165) is 5.56 Å². The summed E-state index contributed by atoms with van der Waals surface area (Å²) in [6, 6.07) is 7.42. The molecule has 76 valence electrons. The third-order valence-electron chi connectivity index (χ3n) is 1.80. The molecule has 0 saturated carbocycles. The van der Waals surface area contributed by atoms with Crippen molar-refractivity contribution in [3.63, 3.8) is 0 Å². The number of rotatable bonds is 2. The fourth-order valence-corrected chi connectivity index (χ4v) is 1.28. The summed E-state index contributed by atoms with van der Waals surface area (Å²) < 4.78 is 0. The average Bonchev–Trinajstić information content (AvgIpc) is 2.16. The molecule has 4 nitrogen and oxygen atoms in total. The molecule has 0 bridgehead atoms. The summed E-state index contributed by atoms with van der Waals surface area (Å²) in [5.74, 6) is 0.0741. The Labute approximate surface area is 87.6 Å². The second kappa shape index (κ2) is 4.72. The number of hydrogen-bond donors (Lipinski definition) is 2. The third kappa shape index (κ3) is 2.81. The minimum atomic E-state index is 0.0741. The van der Waals surface area contributed by atoms with Crippen molar-refractivity contribution in [3.05, 3.63) is 34.9 Å². The molecule has 0 spiro atoms. The van der Waals surface area contributed by atoms with Crippen LogP contribution in [0.4, 0.5) is 0 Å². The van der Waals surface area contributed by atoms with Crippen LogP contribution in [0.25, 0.3) is 0 Å². The van der Waals surface area contributed by atoms with Crippen molar-refractivity contribution in [2.24, 2.45) is 10.9 Å². The van der Waals surface area contributed by atoms with E-state index in [1.54, 1.807) is 18.0 Å². The molecule has 0 amide bonds. The lowest BCUT2D eigenvalue weighted by molar-refractivity contribution is 0.304. The number of halogens is 1. The van der Waals surface area contributed by atoms with Crippen LogP contribution in [0.5, 0.6) is 0 Å². The first-order valence-corrected chi connectivity index (χ1v) is 4.44. The Balaban J connectivity index is 2.69. The van der Waals surface area contributed by atoms with Crippen molar-refractivity contribution in [1.29, 1.82) is 0 Å². The van der Waals surface area contributed by atoms with Crippen LogP contribution < -0.4 is 5.73 Å². The second-order valence-electron chi connectivity index (χ2n) is 2.94. The van der Waals surface area contributed by atoms with Crippen LogP contribution in [0.1, 0.15) is 5.56 Å². The SMILES string of the molecule is CN(Cc1cccc(Cl)c1)C(N)=NO. The lowest BCUT2D eigenvalue weighted by Crippen LogP contribution is -2.33. The molecule has 0 saturated heterocycles. The van der Waals surface area contributed by atoms with Gasteiger partial charge in [-0.2, -0.15) is 0 Å². The van der Waals surface area contributed by atoms with Crippen LogP contribution in [0, 0.1) is 0 Å². The number of hydrogen-bond acceptors (Lipinski definition) is 2. The lowest BCUT2D eigenvalue weighted by Gasteiger charge is -2.16. The second-order valence-corrected chi connectivity index (χ2v) is 3.38. The quantitative estimate of drug-likeness (QED) is 0.339. The van der Waals surface area contributed by atoms with Crippen molar-refractivity contribution in [3.8, 4) is 0 Å². The summed E-state index contributed by atoms with van der Waals surface area (Å²) in [7, 11) is 1.73. The van der Waals surface area contributed by atoms with Gasteiger partial charge in [0.1, 0.15) is 0 Å². The molecule has 14 heavy (non-hydrogen) atoms. The average molecular weight is 214 g/mol. The van der Waals surface area contributed by atoms with Gasteiger partial charge in [0, 0.05) is 18.6 Å². The van der Waals surface area contributed by atoms with E-state index in [1.807, 2.05) is 18.2 Å². The van der Waals surface area contributed by atoms with Crippen LogP contribution in [-0.2, 0) is 6.54 Å². The van der Waals surface area contributed by atoms with Gasteiger partial charge in [0.25, 0.3) is 0 Å². The van der Waals surface area contributed by atoms with Gasteiger partial charge in [-0.05, 0) is 17.7 Å². The van der Waals surface area contributed by atoms with Gasteiger partial charge in [-0.3, -0.25) is 0 Å². The number of nitrogens with two attached hydrogens (primary N) is 1. The highest BCUT2D eigenvalue weighted by Gasteiger charge is 2.03. The molecule has 0 atom stereocenters. The van der Waals surface area contributed by atoms with E-state index in [0.29, 0.717) is 11.6 Å². The van der Waals surface area contributed by atoms with Crippen LogP contribution in [0.3, 0.4) is 0 Å². The van der Waals surface area contributed by atoms with Crippen molar-refractivity contribution in [2.75, 3.05) is 7.05 Å². The Kier molecular flexibility index (Phi) is 3.59. The largest absolute Gasteiger partial charge is 0.408 e. The molecule has 5 heteroatoms. The molecule has 0 heterocycles. The standard InChI is InChI=1S/C9H12ClN3O/c1-13(9(11)12-14)6-7-3-2-4-8(10)5-7/h2-5,14H,6H2,1H3,(H2,11,12). The molecular weight excluding hydrogens is 202 g/mol. The fraction of sp³-hybridized carbons (Fsp3) is 0.222. The Bertz CT molecular complexity index is 341. The highest BCUT2D eigenvalue weighted by molar-refractivity contribution is 6.30. The smallest absolute Gasteiger partial charge is 0.233 e. The molecule has 3 N–H and O–H groups in total. The normalized spacial score (nSPS) is 11.4. The zero-order chi connectivity index (χ0) is 10.6. The van der Waals surface area contributed by atoms with E-state index in [-0.39, 0.29) is 5.96 Å². The van der Waals surface area contributed by atoms with Gasteiger partial charge in [0.2, 0.25) is 5.96 Å². The lowest BCUT2D eigenvalue weighted by atomic mass is 10.2. The highest BCUT2D eigenvalue weighted by Crippen LogP contribution is 2.11. The summed E-state index contributed by atoms with van der Waals surface area (Å²) in [4.78, 5) is 1.62. The van der Waals surface area contributed by atoms with Crippen LogP contribution in [0.15, 0.2) is 29.4 Å². The Morgan fingerprint density at radius 1 is 1.64 bits per heavy atom. The van der Waals surface area contributed by atoms with E-state index < -0.39 is 0 Å². The van der Waals surface area contributed by atoms with E-state index in [1.165, 1.54) is 0 Å². The van der Waals surface area contributed by atoms with Crippen molar-refractivity contribution in [1.82, 2.24) is 4.90 Å². The van der Waals surface area contributed by atoms with Crippen molar-refractivity contribution in [2.45, 2.75) is 6.54 Å². The minimum absolute atomic E-state index is 0.0741. The third-order valence-corrected chi connectivity index (χ3v) is 2.04. The Morgan fingerprint density at radius 3 is 2.93 bits per heavy atom. The molecule has 1 rings (SSSR count). The summed E-state index contributed by atoms with van der Waals surface area (Å²) in [6.45, 7) is 0.552. The van der Waals surface area contributed by atoms with Gasteiger partial charge >= 0.3 is 0 Å². The zero-order valence-corrected chi connectivity index (χ0v) is 8.57. The molecule has 0 aliphatic carbocycles. The monoisotopic (exact) mass is 213 g/mol. The molecule has 0 unspecified atom stereocenters. The van der Waals surface area contributed by atoms with Gasteiger partial charge < -0.3 is 15.8 Å². The first kappa shape index (κ1) is 10.7. The van der Waals surface area contributed by atoms with Crippen molar-refractivity contribution < 1.29 is 5.21 Å². The van der Waals surface area contributed by atoms with Crippen molar-refractivity contribution >= 4 is 17.6 Å². The van der Waals surface area contributed by atoms with Crippen LogP contribution >= 0.6 is 11.6 Å². The van der Waals surface area contributed by atoms with E-state index in [2.05, 4.69) is 5.16 Å². The predicted molar refractivity (Wildman–Crippen MR) is 56.3 cm³/mol. The molecule has 0 aliphatic rings. The number of benzene rings is 1. The predicted octanol–water partition coefficient (Wildman–Crippen LogP) is 1.48. The van der Waals surface area contributed by atoms with Crippen LogP contribution in [0.2, 0.25) is 5.02 Å². The van der Waals surface area contributed by atoms with E-state index in [4.69, 9.17) is 22.5 Å². The molecule has 0 aromatic heterocycles. The van der Waals surface area contributed by atoms with Gasteiger partial charge in [-0.1, -0.05) is 28.9 Å². The van der Waals surface area contributed by atoms with Gasteiger partial charge in [-0.15, -0.1) is 0 Å². The maximum Gasteiger partial charge on any atom is 0.233 e.